The number of nitrogens with zero attached hydrogens (tertiary/aromatic N) is 2. The van der Waals surface area contributed by atoms with Crippen molar-refractivity contribution in [3.63, 3.8) is 0 Å². The zero-order valence-corrected chi connectivity index (χ0v) is 14.1. The van der Waals surface area contributed by atoms with Crippen molar-refractivity contribution in [1.82, 2.24) is 9.88 Å². The summed E-state index contributed by atoms with van der Waals surface area (Å²) in [6.45, 7) is -0.383. The average Bonchev–Trinajstić information content (AvgIpc) is 2.96. The predicted octanol–water partition coefficient (Wildman–Crippen LogP) is 1.50. The minimum absolute atomic E-state index is 0.00719. The van der Waals surface area contributed by atoms with Gasteiger partial charge in [0.05, 0.1) is 27.8 Å². The SMILES string of the molecule is CNC(=O)c1ccccc1NC(=O)Cn1c(=O)oc2cc([N+](=O)[O-])ccc21. The van der Waals surface area contributed by atoms with E-state index in [0.717, 1.165) is 10.6 Å². The van der Waals surface area contributed by atoms with Crippen LogP contribution in [0.2, 0.25) is 0 Å². The third-order valence-corrected chi connectivity index (χ3v) is 3.84. The number of aromatic nitrogens is 1. The van der Waals surface area contributed by atoms with Crippen molar-refractivity contribution in [1.29, 1.82) is 0 Å². The normalized spacial score (nSPS) is 10.6. The molecule has 0 bridgehead atoms. The highest BCUT2D eigenvalue weighted by atomic mass is 16.6. The molecule has 1 aromatic heterocycles. The second-order valence-electron chi connectivity index (χ2n) is 5.54. The highest BCUT2D eigenvalue weighted by molar-refractivity contribution is 6.03. The van der Waals surface area contributed by atoms with Gasteiger partial charge in [0.25, 0.3) is 11.6 Å². The van der Waals surface area contributed by atoms with Gasteiger partial charge in [-0.25, -0.2) is 4.79 Å². The number of anilines is 1. The number of oxazole rings is 1. The number of hydrogen-bond acceptors (Lipinski definition) is 6. The summed E-state index contributed by atoms with van der Waals surface area (Å²) in [4.78, 5) is 46.4. The molecule has 0 unspecified atom stereocenters. The number of nitro benzene ring substituents is 1. The number of carbonyl (C=O) groups is 2. The summed E-state index contributed by atoms with van der Waals surface area (Å²) in [7, 11) is 1.47. The second-order valence-corrected chi connectivity index (χ2v) is 5.54. The van der Waals surface area contributed by atoms with Crippen LogP contribution >= 0.6 is 0 Å². The van der Waals surface area contributed by atoms with Crippen LogP contribution < -0.4 is 16.4 Å². The van der Waals surface area contributed by atoms with Crippen molar-refractivity contribution >= 4 is 34.3 Å². The number of carbonyl (C=O) groups excluding carboxylic acids is 2. The highest BCUT2D eigenvalue weighted by Gasteiger charge is 2.17. The molecule has 1 heterocycles. The summed E-state index contributed by atoms with van der Waals surface area (Å²) >= 11 is 0. The summed E-state index contributed by atoms with van der Waals surface area (Å²) < 4.78 is 6.03. The van der Waals surface area contributed by atoms with Gasteiger partial charge in [-0.05, 0) is 18.2 Å². The van der Waals surface area contributed by atoms with E-state index in [4.69, 9.17) is 4.42 Å². The highest BCUT2D eigenvalue weighted by Crippen LogP contribution is 2.20. The van der Waals surface area contributed by atoms with Crippen LogP contribution in [0, 0.1) is 10.1 Å². The molecule has 0 radical (unpaired) electrons. The van der Waals surface area contributed by atoms with Crippen LogP contribution in [0.1, 0.15) is 10.4 Å². The van der Waals surface area contributed by atoms with Gasteiger partial charge in [0.15, 0.2) is 5.58 Å². The molecule has 0 atom stereocenters. The Morgan fingerprint density at radius 2 is 1.96 bits per heavy atom. The fourth-order valence-corrected chi connectivity index (χ4v) is 2.58. The van der Waals surface area contributed by atoms with Gasteiger partial charge in [-0.2, -0.15) is 0 Å². The quantitative estimate of drug-likeness (QED) is 0.516. The number of hydrogen-bond donors (Lipinski definition) is 2. The van der Waals surface area contributed by atoms with Crippen LogP contribution in [0.3, 0.4) is 0 Å². The Morgan fingerprint density at radius 3 is 2.67 bits per heavy atom. The third kappa shape index (κ3) is 3.54. The first-order valence-corrected chi connectivity index (χ1v) is 7.79. The number of non-ortho nitro benzene ring substituents is 1. The van der Waals surface area contributed by atoms with Gasteiger partial charge in [-0.1, -0.05) is 12.1 Å². The van der Waals surface area contributed by atoms with Crippen LogP contribution in [-0.4, -0.2) is 28.4 Å². The number of amides is 2. The lowest BCUT2D eigenvalue weighted by atomic mass is 10.1. The van der Waals surface area contributed by atoms with Crippen molar-refractivity contribution in [2.45, 2.75) is 6.54 Å². The molecular weight excluding hydrogens is 356 g/mol. The van der Waals surface area contributed by atoms with Crippen molar-refractivity contribution in [2.24, 2.45) is 0 Å². The van der Waals surface area contributed by atoms with E-state index in [1.165, 1.54) is 19.2 Å². The van der Waals surface area contributed by atoms with E-state index in [-0.39, 0.29) is 34.8 Å². The Balaban J connectivity index is 1.87. The fraction of sp³-hybridized carbons (Fsp3) is 0.118. The minimum Gasteiger partial charge on any atom is -0.407 e. The number of nitrogens with one attached hydrogen (secondary N) is 2. The summed E-state index contributed by atoms with van der Waals surface area (Å²) in [5, 5.41) is 15.9. The van der Waals surface area contributed by atoms with Crippen molar-refractivity contribution in [3.8, 4) is 0 Å². The number of rotatable bonds is 5. The first kappa shape index (κ1) is 17.9. The predicted molar refractivity (Wildman–Crippen MR) is 95.6 cm³/mol. The van der Waals surface area contributed by atoms with Gasteiger partial charge < -0.3 is 15.1 Å². The Labute approximate surface area is 151 Å². The lowest BCUT2D eigenvalue weighted by Crippen LogP contribution is -2.26. The maximum Gasteiger partial charge on any atom is 0.420 e. The lowest BCUT2D eigenvalue weighted by Gasteiger charge is -2.10. The Kier molecular flexibility index (Phi) is 4.71. The van der Waals surface area contributed by atoms with E-state index in [0.29, 0.717) is 5.69 Å². The molecule has 0 aliphatic carbocycles. The third-order valence-electron chi connectivity index (χ3n) is 3.84. The van der Waals surface area contributed by atoms with E-state index in [9.17, 15) is 24.5 Å². The number of benzene rings is 2. The molecule has 0 aliphatic heterocycles. The molecule has 0 saturated heterocycles. The first-order valence-electron chi connectivity index (χ1n) is 7.79. The molecule has 0 spiro atoms. The molecule has 2 aromatic carbocycles. The fourth-order valence-electron chi connectivity index (χ4n) is 2.58. The molecule has 3 aromatic rings. The molecule has 27 heavy (non-hydrogen) atoms. The van der Waals surface area contributed by atoms with E-state index < -0.39 is 16.6 Å². The smallest absolute Gasteiger partial charge is 0.407 e. The van der Waals surface area contributed by atoms with Crippen LogP contribution in [-0.2, 0) is 11.3 Å². The van der Waals surface area contributed by atoms with Crippen molar-refractivity contribution in [2.75, 3.05) is 12.4 Å². The summed E-state index contributed by atoms with van der Waals surface area (Å²) in [5.41, 5.74) is 0.590. The summed E-state index contributed by atoms with van der Waals surface area (Å²) in [6, 6.07) is 10.1. The number of para-hydroxylation sites is 1. The Morgan fingerprint density at radius 1 is 1.22 bits per heavy atom. The molecule has 0 saturated carbocycles. The van der Waals surface area contributed by atoms with Gasteiger partial charge in [-0.3, -0.25) is 24.3 Å². The van der Waals surface area contributed by atoms with Gasteiger partial charge >= 0.3 is 5.76 Å². The van der Waals surface area contributed by atoms with E-state index in [2.05, 4.69) is 10.6 Å². The topological polar surface area (TPSA) is 136 Å². The maximum atomic E-state index is 12.4. The average molecular weight is 370 g/mol. The molecule has 0 aliphatic rings. The lowest BCUT2D eigenvalue weighted by molar-refractivity contribution is -0.384. The van der Waals surface area contributed by atoms with Crippen LogP contribution in [0.25, 0.3) is 11.1 Å². The molecule has 2 amide bonds. The first-order chi connectivity index (χ1) is 12.9. The second kappa shape index (κ2) is 7.12. The molecule has 3 rings (SSSR count). The largest absolute Gasteiger partial charge is 0.420 e. The minimum atomic E-state index is -0.819. The summed E-state index contributed by atoms with van der Waals surface area (Å²) in [6.07, 6.45) is 0. The zero-order chi connectivity index (χ0) is 19.6. The number of nitro groups is 1. The van der Waals surface area contributed by atoms with Crippen LogP contribution in [0.15, 0.2) is 51.7 Å². The van der Waals surface area contributed by atoms with Gasteiger partial charge in [0.1, 0.15) is 6.54 Å². The molecule has 138 valence electrons. The molecule has 0 fully saturated rings. The van der Waals surface area contributed by atoms with Gasteiger partial charge in [-0.15, -0.1) is 0 Å². The molecular formula is C17H14N4O6. The zero-order valence-electron chi connectivity index (χ0n) is 14.1. The molecule has 10 heteroatoms. The van der Waals surface area contributed by atoms with Crippen LogP contribution in [0.5, 0.6) is 0 Å². The monoisotopic (exact) mass is 370 g/mol. The maximum absolute atomic E-state index is 12.4. The summed E-state index contributed by atoms with van der Waals surface area (Å²) in [5.74, 6) is -1.75. The van der Waals surface area contributed by atoms with E-state index in [1.54, 1.807) is 24.3 Å². The molecule has 10 nitrogen and oxygen atoms in total. The Bertz CT molecular complexity index is 1110. The van der Waals surface area contributed by atoms with Crippen molar-refractivity contribution < 1.29 is 18.9 Å². The van der Waals surface area contributed by atoms with Gasteiger partial charge in [0, 0.05) is 13.1 Å². The Hall–Kier alpha value is -3.95. The van der Waals surface area contributed by atoms with Crippen LogP contribution in [0.4, 0.5) is 11.4 Å². The van der Waals surface area contributed by atoms with E-state index >= 15 is 0 Å². The van der Waals surface area contributed by atoms with E-state index in [1.807, 2.05) is 0 Å². The standard InChI is InChI=1S/C17H14N4O6/c1-18-16(23)11-4-2-3-5-12(11)19-15(22)9-20-13-7-6-10(21(25)26)8-14(13)27-17(20)24/h2-8H,9H2,1H3,(H,18,23)(H,19,22). The number of fused-ring (bicyclic) bond motifs is 1. The molecule has 2 N–H and O–H groups in total. The van der Waals surface area contributed by atoms with Crippen molar-refractivity contribution in [3.05, 3.63) is 68.7 Å². The van der Waals surface area contributed by atoms with Gasteiger partial charge in [0.2, 0.25) is 5.91 Å².